The van der Waals surface area contributed by atoms with Gasteiger partial charge in [-0.3, -0.25) is 4.79 Å². The topological polar surface area (TPSA) is 119 Å². The number of aliphatic hydroxyl groups is 1. The molecule has 2 aliphatic heterocycles. The number of hydrogen-bond acceptors (Lipinski definition) is 8. The normalized spacial score (nSPS) is 15.6. The van der Waals surface area contributed by atoms with Crippen LogP contribution in [-0.2, 0) is 24.1 Å². The van der Waals surface area contributed by atoms with Gasteiger partial charge in [-0.05, 0) is 86.8 Å². The number of amides is 1. The van der Waals surface area contributed by atoms with Crippen molar-refractivity contribution in [1.29, 1.82) is 0 Å². The van der Waals surface area contributed by atoms with Crippen molar-refractivity contribution in [2.24, 2.45) is 0 Å². The van der Waals surface area contributed by atoms with Gasteiger partial charge >= 0.3 is 0 Å². The second-order valence-electron chi connectivity index (χ2n) is 12.7. The van der Waals surface area contributed by atoms with E-state index in [0.717, 1.165) is 33.4 Å². The maximum absolute atomic E-state index is 13.8. The van der Waals surface area contributed by atoms with E-state index < -0.39 is 15.7 Å². The number of pyridine rings is 1. The molecule has 0 saturated carbocycles. The number of nitrogens with one attached hydrogen (secondary N) is 1. The van der Waals surface area contributed by atoms with Gasteiger partial charge in [0.2, 0.25) is 6.79 Å². The van der Waals surface area contributed by atoms with Crippen LogP contribution in [0, 0.1) is 11.8 Å². The van der Waals surface area contributed by atoms with Gasteiger partial charge in [0.25, 0.3) is 5.91 Å². The van der Waals surface area contributed by atoms with Gasteiger partial charge in [-0.2, -0.15) is 0 Å². The van der Waals surface area contributed by atoms with Crippen LogP contribution in [0.1, 0.15) is 71.5 Å². The number of hydrogen-bond donors (Lipinski definition) is 2. The summed E-state index contributed by atoms with van der Waals surface area (Å²) >= 11 is 0. The molecule has 1 amide bonds. The molecule has 2 atom stereocenters. The number of aromatic nitrogens is 1. The summed E-state index contributed by atoms with van der Waals surface area (Å²) in [6, 6.07) is 20.1. The quantitative estimate of drug-likeness (QED) is 0.222. The number of aliphatic hydroxyl groups excluding tert-OH is 1. The number of methoxy groups -OCH3 is 2. The SMILES string of the molecule is COc1ccc(C#Cc2cccc(-c3nc(C(=O)NCc4ccc5c(c4)OCO5)cc4c3[C@@H](CCO)N([S@](=O)C(C)(C)C)C4)c2)cc1OC. The van der Waals surface area contributed by atoms with Crippen LogP contribution in [0.25, 0.3) is 11.3 Å². The summed E-state index contributed by atoms with van der Waals surface area (Å²) in [5.41, 5.74) is 5.63. The number of nitrogens with zero attached hydrogens (tertiary/aromatic N) is 2. The van der Waals surface area contributed by atoms with Crippen molar-refractivity contribution in [2.45, 2.75) is 51.1 Å². The highest BCUT2D eigenvalue weighted by Gasteiger charge is 2.40. The summed E-state index contributed by atoms with van der Waals surface area (Å²) < 4.78 is 36.8. The minimum atomic E-state index is -1.38. The zero-order valence-electron chi connectivity index (χ0n) is 28.2. The lowest BCUT2D eigenvalue weighted by atomic mass is 9.95. The highest BCUT2D eigenvalue weighted by atomic mass is 32.2. The molecular weight excluding hydrogens is 642 g/mol. The Hall–Kier alpha value is -4.89. The fourth-order valence-electron chi connectivity index (χ4n) is 5.93. The fourth-order valence-corrected chi connectivity index (χ4v) is 7.33. The third-order valence-corrected chi connectivity index (χ3v) is 10.1. The number of ether oxygens (including phenoxy) is 4. The van der Waals surface area contributed by atoms with E-state index in [4.69, 9.17) is 23.9 Å². The minimum Gasteiger partial charge on any atom is -0.493 e. The number of carbonyl (C=O) groups excluding carboxylic acids is 1. The molecule has 3 heterocycles. The van der Waals surface area contributed by atoms with Gasteiger partial charge < -0.3 is 29.4 Å². The molecule has 2 N–H and O–H groups in total. The Labute approximate surface area is 289 Å². The molecule has 1 aromatic heterocycles. The van der Waals surface area contributed by atoms with Gasteiger partial charge in [0.05, 0.1) is 30.7 Å². The van der Waals surface area contributed by atoms with Crippen LogP contribution in [-0.4, -0.2) is 56.9 Å². The standard InChI is InChI=1S/C38H39N3O7S/c1-38(2,3)49(44)41-22-28-20-29(37(43)39-21-26-12-14-32-34(19-26)48-23-47-32)40-36(35(28)30(41)15-16-42)27-8-6-7-24(17-27)9-10-25-11-13-31(45-4)33(18-25)46-5/h6-8,11-14,17-20,30,42H,15-16,21-23H2,1-5H3,(H,39,43)/t30-,49-/m1/s1. The lowest BCUT2D eigenvalue weighted by Crippen LogP contribution is -2.36. The van der Waals surface area contributed by atoms with E-state index in [1.807, 2.05) is 85.7 Å². The Kier molecular flexibility index (Phi) is 9.92. The first-order valence-electron chi connectivity index (χ1n) is 15.9. The maximum Gasteiger partial charge on any atom is 0.270 e. The molecule has 4 aromatic rings. The number of benzene rings is 3. The van der Waals surface area contributed by atoms with E-state index >= 15 is 0 Å². The molecule has 0 unspecified atom stereocenters. The molecule has 0 bridgehead atoms. The largest absolute Gasteiger partial charge is 0.493 e. The third-order valence-electron chi connectivity index (χ3n) is 8.28. The number of rotatable bonds is 9. The summed E-state index contributed by atoms with van der Waals surface area (Å²) in [7, 11) is 1.78. The summed E-state index contributed by atoms with van der Waals surface area (Å²) in [4.78, 5) is 18.6. The Balaban J connectivity index is 1.38. The zero-order valence-corrected chi connectivity index (χ0v) is 29.0. The van der Waals surface area contributed by atoms with Gasteiger partial charge in [-0.25, -0.2) is 13.5 Å². The van der Waals surface area contributed by atoms with Crippen LogP contribution < -0.4 is 24.3 Å². The molecule has 0 fully saturated rings. The average molecular weight is 682 g/mol. The Morgan fingerprint density at radius 2 is 1.76 bits per heavy atom. The zero-order chi connectivity index (χ0) is 34.7. The van der Waals surface area contributed by atoms with E-state index in [1.54, 1.807) is 20.3 Å². The molecule has 6 rings (SSSR count). The Morgan fingerprint density at radius 1 is 1.00 bits per heavy atom. The molecule has 0 radical (unpaired) electrons. The first-order valence-corrected chi connectivity index (χ1v) is 17.0. The molecule has 3 aromatic carbocycles. The van der Waals surface area contributed by atoms with Crippen molar-refractivity contribution in [2.75, 3.05) is 27.6 Å². The highest BCUT2D eigenvalue weighted by molar-refractivity contribution is 7.84. The first-order chi connectivity index (χ1) is 23.6. The number of carbonyl (C=O) groups is 1. The predicted molar refractivity (Wildman–Crippen MR) is 187 cm³/mol. The molecule has 0 spiro atoms. The third kappa shape index (κ3) is 7.27. The van der Waals surface area contributed by atoms with Crippen molar-refractivity contribution in [1.82, 2.24) is 14.6 Å². The van der Waals surface area contributed by atoms with Crippen molar-refractivity contribution < 1.29 is 33.1 Å². The van der Waals surface area contributed by atoms with Crippen molar-refractivity contribution in [3.8, 4) is 46.1 Å². The van der Waals surface area contributed by atoms with E-state index in [9.17, 15) is 14.1 Å². The highest BCUT2D eigenvalue weighted by Crippen LogP contribution is 2.44. The van der Waals surface area contributed by atoms with Crippen LogP contribution in [0.2, 0.25) is 0 Å². The molecule has 49 heavy (non-hydrogen) atoms. The second-order valence-corrected chi connectivity index (χ2v) is 14.9. The smallest absolute Gasteiger partial charge is 0.270 e. The van der Waals surface area contributed by atoms with E-state index in [0.29, 0.717) is 41.7 Å². The van der Waals surface area contributed by atoms with Gasteiger partial charge in [-0.1, -0.05) is 30.0 Å². The summed E-state index contributed by atoms with van der Waals surface area (Å²) in [6.45, 7) is 6.46. The van der Waals surface area contributed by atoms with Crippen LogP contribution in [0.15, 0.2) is 66.7 Å². The maximum atomic E-state index is 13.8. The lowest BCUT2D eigenvalue weighted by molar-refractivity contribution is 0.0945. The molecule has 0 saturated heterocycles. The average Bonchev–Trinajstić information content (AvgIpc) is 3.73. The van der Waals surface area contributed by atoms with Gasteiger partial charge in [-0.15, -0.1) is 0 Å². The summed E-state index contributed by atoms with van der Waals surface area (Å²) in [5.74, 6) is 8.60. The van der Waals surface area contributed by atoms with E-state index in [1.165, 1.54) is 0 Å². The molecule has 2 aliphatic rings. The molecule has 0 aliphatic carbocycles. The minimum absolute atomic E-state index is 0.101. The Bertz CT molecular complexity index is 1980. The molecule has 254 valence electrons. The molecule has 10 nitrogen and oxygen atoms in total. The van der Waals surface area contributed by atoms with Crippen molar-refractivity contribution in [3.05, 3.63) is 100 Å². The molecular formula is C38H39N3O7S. The lowest BCUT2D eigenvalue weighted by Gasteiger charge is -2.30. The Morgan fingerprint density at radius 3 is 2.49 bits per heavy atom. The monoisotopic (exact) mass is 681 g/mol. The van der Waals surface area contributed by atoms with Crippen LogP contribution >= 0.6 is 0 Å². The summed E-state index contributed by atoms with van der Waals surface area (Å²) in [5, 5.41) is 13.1. The van der Waals surface area contributed by atoms with Crippen molar-refractivity contribution >= 4 is 16.9 Å². The molecule has 11 heteroatoms. The van der Waals surface area contributed by atoms with Crippen LogP contribution in [0.4, 0.5) is 0 Å². The van der Waals surface area contributed by atoms with Crippen LogP contribution in [0.5, 0.6) is 23.0 Å². The van der Waals surface area contributed by atoms with Gasteiger partial charge in [0, 0.05) is 42.0 Å². The fraction of sp³-hybridized carbons (Fsp3) is 0.316. The van der Waals surface area contributed by atoms with Crippen molar-refractivity contribution in [3.63, 3.8) is 0 Å². The predicted octanol–water partition coefficient (Wildman–Crippen LogP) is 5.53. The van der Waals surface area contributed by atoms with Gasteiger partial charge in [0.1, 0.15) is 16.7 Å². The first kappa shape index (κ1) is 34.0. The summed E-state index contributed by atoms with van der Waals surface area (Å²) in [6.07, 6.45) is 0.359. The second kappa shape index (κ2) is 14.3. The van der Waals surface area contributed by atoms with Gasteiger partial charge in [0.15, 0.2) is 23.0 Å². The number of fused-ring (bicyclic) bond motifs is 2. The van der Waals surface area contributed by atoms with E-state index in [2.05, 4.69) is 17.2 Å². The van der Waals surface area contributed by atoms with Crippen LogP contribution in [0.3, 0.4) is 0 Å². The van der Waals surface area contributed by atoms with E-state index in [-0.39, 0.29) is 37.6 Å².